The van der Waals surface area contributed by atoms with Crippen LogP contribution < -0.4 is 0 Å². The number of halogens is 2. The van der Waals surface area contributed by atoms with Gasteiger partial charge in [-0.15, -0.1) is 0 Å². The zero-order chi connectivity index (χ0) is 8.27. The summed E-state index contributed by atoms with van der Waals surface area (Å²) in [7, 11) is 0. The van der Waals surface area contributed by atoms with Gasteiger partial charge in [0.1, 0.15) is 12.4 Å². The van der Waals surface area contributed by atoms with Crippen LogP contribution in [0.15, 0.2) is 6.20 Å². The van der Waals surface area contributed by atoms with E-state index >= 15 is 0 Å². The summed E-state index contributed by atoms with van der Waals surface area (Å²) in [4.78, 5) is 10.4. The second-order valence-electron chi connectivity index (χ2n) is 1.91. The standard InChI is InChI=1S/C6H6FIN2O/c7-1-2-10-6(4-11)5(8)3-9-10/h3-4H,1-2H2. The molecule has 60 valence electrons. The van der Waals surface area contributed by atoms with Gasteiger partial charge in [0.05, 0.1) is 16.3 Å². The highest BCUT2D eigenvalue weighted by atomic mass is 127. The predicted octanol–water partition coefficient (Wildman–Crippen LogP) is 1.27. The minimum atomic E-state index is -0.501. The van der Waals surface area contributed by atoms with E-state index < -0.39 is 6.67 Å². The molecule has 0 aliphatic carbocycles. The van der Waals surface area contributed by atoms with Crippen molar-refractivity contribution in [2.24, 2.45) is 0 Å². The summed E-state index contributed by atoms with van der Waals surface area (Å²) in [5.74, 6) is 0. The molecule has 3 nitrogen and oxygen atoms in total. The van der Waals surface area contributed by atoms with E-state index in [0.717, 1.165) is 3.57 Å². The van der Waals surface area contributed by atoms with Crippen molar-refractivity contribution in [3.05, 3.63) is 15.5 Å². The van der Waals surface area contributed by atoms with Crippen LogP contribution in [0.4, 0.5) is 4.39 Å². The molecule has 0 saturated carbocycles. The average Bonchev–Trinajstić information content (AvgIpc) is 2.33. The Morgan fingerprint density at radius 2 is 2.55 bits per heavy atom. The Balaban J connectivity index is 2.95. The SMILES string of the molecule is O=Cc1c(I)cnn1CCF. The van der Waals surface area contributed by atoms with Crippen molar-refractivity contribution in [1.82, 2.24) is 9.78 Å². The fourth-order valence-electron chi connectivity index (χ4n) is 0.747. The first-order chi connectivity index (χ1) is 5.29. The van der Waals surface area contributed by atoms with E-state index in [1.54, 1.807) is 6.20 Å². The van der Waals surface area contributed by atoms with E-state index in [1.807, 2.05) is 22.6 Å². The summed E-state index contributed by atoms with van der Waals surface area (Å²) in [5, 5.41) is 3.81. The largest absolute Gasteiger partial charge is 0.296 e. The van der Waals surface area contributed by atoms with Crippen molar-refractivity contribution in [2.45, 2.75) is 6.54 Å². The quantitative estimate of drug-likeness (QED) is 0.611. The van der Waals surface area contributed by atoms with Gasteiger partial charge in [0.2, 0.25) is 0 Å². The van der Waals surface area contributed by atoms with Crippen molar-refractivity contribution in [2.75, 3.05) is 6.67 Å². The Labute approximate surface area is 76.7 Å². The lowest BCUT2D eigenvalue weighted by Gasteiger charge is -1.97. The molecule has 1 rings (SSSR count). The molecule has 0 aliphatic heterocycles. The van der Waals surface area contributed by atoms with Gasteiger partial charge in [-0.2, -0.15) is 5.10 Å². The highest BCUT2D eigenvalue weighted by Crippen LogP contribution is 2.08. The molecule has 1 aromatic heterocycles. The van der Waals surface area contributed by atoms with Crippen molar-refractivity contribution in [3.63, 3.8) is 0 Å². The summed E-state index contributed by atoms with van der Waals surface area (Å²) in [6, 6.07) is 0. The first-order valence-corrected chi connectivity index (χ1v) is 4.10. The number of carbonyl (C=O) groups excluding carboxylic acids is 1. The maximum atomic E-state index is 11.8. The second kappa shape index (κ2) is 3.80. The van der Waals surface area contributed by atoms with E-state index in [0.29, 0.717) is 12.0 Å². The fourth-order valence-corrected chi connectivity index (χ4v) is 1.28. The van der Waals surface area contributed by atoms with Crippen LogP contribution in [0.5, 0.6) is 0 Å². The summed E-state index contributed by atoms with van der Waals surface area (Å²) >= 11 is 1.98. The van der Waals surface area contributed by atoms with E-state index in [9.17, 15) is 9.18 Å². The van der Waals surface area contributed by atoms with Gasteiger partial charge >= 0.3 is 0 Å². The molecular weight excluding hydrogens is 262 g/mol. The summed E-state index contributed by atoms with van der Waals surface area (Å²) in [5.41, 5.74) is 0.447. The van der Waals surface area contributed by atoms with Crippen molar-refractivity contribution >= 4 is 28.9 Å². The van der Waals surface area contributed by atoms with Crippen LogP contribution in [0, 0.1) is 3.57 Å². The Morgan fingerprint density at radius 3 is 3.09 bits per heavy atom. The average molecular weight is 268 g/mol. The van der Waals surface area contributed by atoms with Gasteiger partial charge in [-0.25, -0.2) is 4.39 Å². The maximum Gasteiger partial charge on any atom is 0.169 e. The van der Waals surface area contributed by atoms with Crippen molar-refractivity contribution in [3.8, 4) is 0 Å². The Bertz CT molecular complexity index is 261. The lowest BCUT2D eigenvalue weighted by atomic mass is 10.5. The lowest BCUT2D eigenvalue weighted by Crippen LogP contribution is -2.05. The first kappa shape index (κ1) is 8.63. The molecule has 0 spiro atoms. The zero-order valence-corrected chi connectivity index (χ0v) is 7.79. The summed E-state index contributed by atoms with van der Waals surface area (Å²) in [6.45, 7) is -0.352. The summed E-state index contributed by atoms with van der Waals surface area (Å²) in [6.07, 6.45) is 2.23. The van der Waals surface area contributed by atoms with Gasteiger partial charge in [0.25, 0.3) is 0 Å². The van der Waals surface area contributed by atoms with Crippen LogP contribution in [-0.2, 0) is 6.54 Å². The van der Waals surface area contributed by atoms with Crippen LogP contribution in [0.3, 0.4) is 0 Å². The molecule has 5 heteroatoms. The van der Waals surface area contributed by atoms with Gasteiger partial charge < -0.3 is 0 Å². The van der Waals surface area contributed by atoms with Gasteiger partial charge in [-0.05, 0) is 22.6 Å². The molecule has 0 aliphatic rings. The highest BCUT2D eigenvalue weighted by molar-refractivity contribution is 14.1. The van der Waals surface area contributed by atoms with E-state index in [2.05, 4.69) is 5.10 Å². The van der Waals surface area contributed by atoms with Gasteiger partial charge in [0, 0.05) is 0 Å². The van der Waals surface area contributed by atoms with E-state index in [4.69, 9.17) is 0 Å². The summed E-state index contributed by atoms with van der Waals surface area (Å²) < 4.78 is 13.9. The third-order valence-corrected chi connectivity index (χ3v) is 2.07. The minimum absolute atomic E-state index is 0.150. The molecule has 0 fully saturated rings. The molecule has 0 bridgehead atoms. The molecule has 1 heterocycles. The zero-order valence-electron chi connectivity index (χ0n) is 5.63. The number of aromatic nitrogens is 2. The number of hydrogen-bond acceptors (Lipinski definition) is 2. The molecule has 11 heavy (non-hydrogen) atoms. The van der Waals surface area contributed by atoms with E-state index in [1.165, 1.54) is 4.68 Å². The number of nitrogens with zero attached hydrogens (tertiary/aromatic N) is 2. The normalized spacial score (nSPS) is 10.0. The Hall–Kier alpha value is -0.460. The van der Waals surface area contributed by atoms with Crippen LogP contribution >= 0.6 is 22.6 Å². The molecule has 1 aromatic rings. The Kier molecular flexibility index (Phi) is 2.98. The van der Waals surface area contributed by atoms with Crippen molar-refractivity contribution < 1.29 is 9.18 Å². The number of rotatable bonds is 3. The molecule has 0 atom stereocenters. The fraction of sp³-hybridized carbons (Fsp3) is 0.333. The van der Waals surface area contributed by atoms with Gasteiger partial charge in [0.15, 0.2) is 6.29 Å². The molecule has 0 radical (unpaired) electrons. The predicted molar refractivity (Wildman–Crippen MR) is 46.3 cm³/mol. The maximum absolute atomic E-state index is 11.8. The third kappa shape index (κ3) is 1.76. The first-order valence-electron chi connectivity index (χ1n) is 3.02. The number of aldehydes is 1. The Morgan fingerprint density at radius 1 is 1.82 bits per heavy atom. The molecular formula is C6H6FIN2O. The van der Waals surface area contributed by atoms with Gasteiger partial charge in [-0.3, -0.25) is 9.48 Å². The topological polar surface area (TPSA) is 34.9 Å². The van der Waals surface area contributed by atoms with Gasteiger partial charge in [-0.1, -0.05) is 0 Å². The second-order valence-corrected chi connectivity index (χ2v) is 3.07. The lowest BCUT2D eigenvalue weighted by molar-refractivity contribution is 0.111. The van der Waals surface area contributed by atoms with Crippen LogP contribution in [0.1, 0.15) is 10.5 Å². The third-order valence-electron chi connectivity index (χ3n) is 1.24. The monoisotopic (exact) mass is 268 g/mol. The highest BCUT2D eigenvalue weighted by Gasteiger charge is 2.05. The number of alkyl halides is 1. The van der Waals surface area contributed by atoms with Crippen LogP contribution in [0.25, 0.3) is 0 Å². The molecule has 0 saturated heterocycles. The van der Waals surface area contributed by atoms with Crippen LogP contribution in [0.2, 0.25) is 0 Å². The smallest absolute Gasteiger partial charge is 0.169 e. The number of aryl methyl sites for hydroxylation is 1. The van der Waals surface area contributed by atoms with Crippen LogP contribution in [-0.4, -0.2) is 22.7 Å². The van der Waals surface area contributed by atoms with Crippen molar-refractivity contribution in [1.29, 1.82) is 0 Å². The number of carbonyl (C=O) groups is 1. The molecule has 0 unspecified atom stereocenters. The molecule has 0 N–H and O–H groups in total. The molecule has 0 aromatic carbocycles. The minimum Gasteiger partial charge on any atom is -0.296 e. The number of hydrogen-bond donors (Lipinski definition) is 0. The van der Waals surface area contributed by atoms with E-state index in [-0.39, 0.29) is 6.54 Å². The molecule has 0 amide bonds.